The zero-order chi connectivity index (χ0) is 14.3. The van der Waals surface area contributed by atoms with Gasteiger partial charge in [0.1, 0.15) is 11.3 Å². The number of pyridine rings is 1. The van der Waals surface area contributed by atoms with Gasteiger partial charge in [0.05, 0.1) is 15.2 Å². The second-order valence-corrected chi connectivity index (χ2v) is 5.49. The van der Waals surface area contributed by atoms with Crippen LogP contribution in [0.2, 0.25) is 0 Å². The molecule has 3 rings (SSSR count). The number of rotatable bonds is 2. The van der Waals surface area contributed by atoms with Gasteiger partial charge in [-0.05, 0) is 18.6 Å². The van der Waals surface area contributed by atoms with Crippen LogP contribution in [0.15, 0.2) is 18.2 Å². The molecule has 3 aromatic rings. The van der Waals surface area contributed by atoms with Crippen LogP contribution in [0.25, 0.3) is 21.1 Å². The number of esters is 1. The Labute approximate surface area is 119 Å². The van der Waals surface area contributed by atoms with E-state index in [0.717, 1.165) is 27.0 Å². The third-order valence-electron chi connectivity index (χ3n) is 2.93. The largest absolute Gasteiger partial charge is 0.427 e. The lowest BCUT2D eigenvalue weighted by Gasteiger charge is -2.04. The number of nitrogens with two attached hydrogens (primary N) is 1. The SMILES string of the molecule is CCc1nc2c(N)nc3cc(OC(C)=O)ccc3c2s1. The smallest absolute Gasteiger partial charge is 0.308 e. The summed E-state index contributed by atoms with van der Waals surface area (Å²) in [5.74, 6) is 0.518. The lowest BCUT2D eigenvalue weighted by Crippen LogP contribution is -2.01. The van der Waals surface area contributed by atoms with Crippen molar-refractivity contribution in [2.24, 2.45) is 0 Å². The van der Waals surface area contributed by atoms with Gasteiger partial charge >= 0.3 is 5.97 Å². The maximum atomic E-state index is 11.0. The number of aryl methyl sites for hydroxylation is 1. The molecule has 20 heavy (non-hydrogen) atoms. The fourth-order valence-corrected chi connectivity index (χ4v) is 3.13. The summed E-state index contributed by atoms with van der Waals surface area (Å²) in [6, 6.07) is 5.37. The maximum Gasteiger partial charge on any atom is 0.308 e. The molecule has 0 saturated heterocycles. The lowest BCUT2D eigenvalue weighted by atomic mass is 10.2. The fourth-order valence-electron chi connectivity index (χ4n) is 2.08. The van der Waals surface area contributed by atoms with Crippen molar-refractivity contribution < 1.29 is 9.53 Å². The Bertz CT molecular complexity index is 826. The first-order chi connectivity index (χ1) is 9.58. The summed E-state index contributed by atoms with van der Waals surface area (Å²) >= 11 is 1.62. The van der Waals surface area contributed by atoms with Crippen molar-refractivity contribution in [3.05, 3.63) is 23.2 Å². The highest BCUT2D eigenvalue weighted by Gasteiger charge is 2.12. The van der Waals surface area contributed by atoms with E-state index in [-0.39, 0.29) is 5.97 Å². The van der Waals surface area contributed by atoms with Crippen LogP contribution in [0.3, 0.4) is 0 Å². The molecule has 2 N–H and O–H groups in total. The van der Waals surface area contributed by atoms with E-state index in [2.05, 4.69) is 16.9 Å². The number of thiazole rings is 1. The van der Waals surface area contributed by atoms with E-state index in [9.17, 15) is 4.79 Å². The number of ether oxygens (including phenoxy) is 1. The zero-order valence-corrected chi connectivity index (χ0v) is 12.0. The monoisotopic (exact) mass is 287 g/mol. The zero-order valence-electron chi connectivity index (χ0n) is 11.1. The van der Waals surface area contributed by atoms with Gasteiger partial charge in [-0.1, -0.05) is 6.92 Å². The van der Waals surface area contributed by atoms with Gasteiger partial charge in [0.2, 0.25) is 0 Å². The van der Waals surface area contributed by atoms with Gasteiger partial charge in [-0.2, -0.15) is 0 Å². The number of aromatic nitrogens is 2. The summed E-state index contributed by atoms with van der Waals surface area (Å²) in [6.45, 7) is 3.42. The molecular formula is C14H13N3O2S. The van der Waals surface area contributed by atoms with Gasteiger partial charge in [-0.15, -0.1) is 11.3 Å². The lowest BCUT2D eigenvalue weighted by molar-refractivity contribution is -0.131. The molecule has 0 radical (unpaired) electrons. The van der Waals surface area contributed by atoms with Gasteiger partial charge in [0.25, 0.3) is 0 Å². The molecule has 0 atom stereocenters. The summed E-state index contributed by atoms with van der Waals surface area (Å²) in [5.41, 5.74) is 7.42. The molecule has 0 spiro atoms. The number of carbonyl (C=O) groups is 1. The van der Waals surface area contributed by atoms with Gasteiger partial charge in [-0.25, -0.2) is 9.97 Å². The van der Waals surface area contributed by atoms with Crippen molar-refractivity contribution in [3.63, 3.8) is 0 Å². The molecular weight excluding hydrogens is 274 g/mol. The van der Waals surface area contributed by atoms with Crippen LogP contribution >= 0.6 is 11.3 Å². The van der Waals surface area contributed by atoms with Crippen molar-refractivity contribution in [1.29, 1.82) is 0 Å². The van der Waals surface area contributed by atoms with Gasteiger partial charge in [0, 0.05) is 18.4 Å². The van der Waals surface area contributed by atoms with Crippen LogP contribution < -0.4 is 10.5 Å². The molecule has 2 heterocycles. The number of nitrogens with zero attached hydrogens (tertiary/aromatic N) is 2. The number of benzene rings is 1. The summed E-state index contributed by atoms with van der Waals surface area (Å²) in [7, 11) is 0. The third kappa shape index (κ3) is 2.08. The first kappa shape index (κ1) is 12.8. The summed E-state index contributed by atoms with van der Waals surface area (Å²) < 4.78 is 6.10. The number of nitrogen functional groups attached to an aromatic ring is 1. The molecule has 0 aliphatic heterocycles. The van der Waals surface area contributed by atoms with Crippen LogP contribution in [0.5, 0.6) is 5.75 Å². The predicted molar refractivity (Wildman–Crippen MR) is 80.0 cm³/mol. The molecule has 102 valence electrons. The Morgan fingerprint density at radius 1 is 1.40 bits per heavy atom. The highest BCUT2D eigenvalue weighted by Crippen LogP contribution is 2.34. The third-order valence-corrected chi connectivity index (χ3v) is 4.17. The molecule has 0 bridgehead atoms. The predicted octanol–water partition coefficient (Wildman–Crippen LogP) is 2.91. The molecule has 0 saturated carbocycles. The highest BCUT2D eigenvalue weighted by molar-refractivity contribution is 7.19. The molecule has 5 nitrogen and oxygen atoms in total. The standard InChI is InChI=1S/C14H13N3O2S/c1-3-11-17-12-13(20-11)9-5-4-8(19-7(2)18)6-10(9)16-14(12)15/h4-6H,3H2,1-2H3,(H2,15,16). The fraction of sp³-hybridized carbons (Fsp3) is 0.214. The number of anilines is 1. The van der Waals surface area contributed by atoms with Crippen molar-refractivity contribution in [2.75, 3.05) is 5.73 Å². The minimum atomic E-state index is -0.357. The molecule has 0 aliphatic carbocycles. The Morgan fingerprint density at radius 3 is 2.90 bits per heavy atom. The summed E-state index contributed by atoms with van der Waals surface area (Å²) in [6.07, 6.45) is 0.867. The number of hydrogen-bond acceptors (Lipinski definition) is 6. The highest BCUT2D eigenvalue weighted by atomic mass is 32.1. The van der Waals surface area contributed by atoms with E-state index in [1.807, 2.05) is 6.07 Å². The van der Waals surface area contributed by atoms with E-state index >= 15 is 0 Å². The van der Waals surface area contributed by atoms with Crippen molar-refractivity contribution >= 4 is 44.2 Å². The minimum absolute atomic E-state index is 0.357. The second-order valence-electron chi connectivity index (χ2n) is 4.41. The van der Waals surface area contributed by atoms with E-state index < -0.39 is 0 Å². The molecule has 0 unspecified atom stereocenters. The van der Waals surface area contributed by atoms with Crippen LogP contribution in [0.1, 0.15) is 18.9 Å². The molecule has 2 aromatic heterocycles. The summed E-state index contributed by atoms with van der Waals surface area (Å²) in [4.78, 5) is 19.8. The number of hydrogen-bond donors (Lipinski definition) is 1. The van der Waals surface area contributed by atoms with Crippen molar-refractivity contribution in [3.8, 4) is 5.75 Å². The van der Waals surface area contributed by atoms with Gasteiger partial charge in [0.15, 0.2) is 5.82 Å². The average molecular weight is 287 g/mol. The molecule has 0 amide bonds. The van der Waals surface area contributed by atoms with Crippen LogP contribution in [-0.2, 0) is 11.2 Å². The molecule has 6 heteroatoms. The van der Waals surface area contributed by atoms with E-state index in [1.165, 1.54) is 6.92 Å². The summed E-state index contributed by atoms with van der Waals surface area (Å²) in [5, 5.41) is 2.01. The Balaban J connectivity index is 2.26. The van der Waals surface area contributed by atoms with E-state index in [0.29, 0.717) is 17.1 Å². The van der Waals surface area contributed by atoms with Crippen LogP contribution in [-0.4, -0.2) is 15.9 Å². The molecule has 0 aliphatic rings. The average Bonchev–Trinajstić information content (AvgIpc) is 2.82. The quantitative estimate of drug-likeness (QED) is 0.579. The first-order valence-electron chi connectivity index (χ1n) is 6.25. The van der Waals surface area contributed by atoms with Gasteiger partial charge in [-0.3, -0.25) is 4.79 Å². The Hall–Kier alpha value is -2.21. The topological polar surface area (TPSA) is 78.1 Å². The first-order valence-corrected chi connectivity index (χ1v) is 7.07. The normalized spacial score (nSPS) is 11.1. The van der Waals surface area contributed by atoms with Crippen molar-refractivity contribution in [1.82, 2.24) is 9.97 Å². The number of fused-ring (bicyclic) bond motifs is 3. The number of carbonyl (C=O) groups excluding carboxylic acids is 1. The Kier molecular flexibility index (Phi) is 3.02. The van der Waals surface area contributed by atoms with Gasteiger partial charge < -0.3 is 10.5 Å². The van der Waals surface area contributed by atoms with E-state index in [1.54, 1.807) is 23.5 Å². The minimum Gasteiger partial charge on any atom is -0.427 e. The maximum absolute atomic E-state index is 11.0. The van der Waals surface area contributed by atoms with Crippen LogP contribution in [0, 0.1) is 0 Å². The van der Waals surface area contributed by atoms with E-state index in [4.69, 9.17) is 10.5 Å². The Morgan fingerprint density at radius 2 is 2.20 bits per heavy atom. The van der Waals surface area contributed by atoms with Crippen molar-refractivity contribution in [2.45, 2.75) is 20.3 Å². The molecule has 1 aromatic carbocycles. The second kappa shape index (κ2) is 4.72. The van der Waals surface area contributed by atoms with Crippen LogP contribution in [0.4, 0.5) is 5.82 Å². The molecule has 0 fully saturated rings.